The Bertz CT molecular complexity index is 596. The highest BCUT2D eigenvalue weighted by Gasteiger charge is 2.29. The molecule has 19 heavy (non-hydrogen) atoms. The molecular weight excluding hydrogens is 262 g/mol. The Morgan fingerprint density at radius 1 is 1.47 bits per heavy atom. The zero-order valence-electron chi connectivity index (χ0n) is 10.8. The van der Waals surface area contributed by atoms with Crippen molar-refractivity contribution in [2.45, 2.75) is 25.6 Å². The van der Waals surface area contributed by atoms with Gasteiger partial charge in [-0.2, -0.15) is 0 Å². The summed E-state index contributed by atoms with van der Waals surface area (Å²) in [6.45, 7) is 1.96. The molecule has 0 aliphatic carbocycles. The van der Waals surface area contributed by atoms with E-state index < -0.39 is 6.10 Å². The number of methoxy groups -OCH3 is 1. The summed E-state index contributed by atoms with van der Waals surface area (Å²) in [7, 11) is 1.61. The van der Waals surface area contributed by atoms with E-state index >= 15 is 0 Å². The Morgan fingerprint density at radius 2 is 2.32 bits per heavy atom. The van der Waals surface area contributed by atoms with Gasteiger partial charge in [-0.25, -0.2) is 4.98 Å². The molecule has 2 heterocycles. The molecule has 0 saturated heterocycles. The van der Waals surface area contributed by atoms with Crippen LogP contribution in [-0.2, 0) is 0 Å². The lowest BCUT2D eigenvalue weighted by Gasteiger charge is -2.29. The van der Waals surface area contributed by atoms with E-state index in [9.17, 15) is 5.11 Å². The fourth-order valence-corrected chi connectivity index (χ4v) is 2.91. The summed E-state index contributed by atoms with van der Waals surface area (Å²) in [4.78, 5) is 4.44. The van der Waals surface area contributed by atoms with Crippen LogP contribution in [-0.4, -0.2) is 17.2 Å². The van der Waals surface area contributed by atoms with Crippen molar-refractivity contribution in [3.63, 3.8) is 0 Å². The number of aryl methyl sites for hydroxylation is 1. The second-order valence-electron chi connectivity index (χ2n) is 4.55. The van der Waals surface area contributed by atoms with Crippen LogP contribution < -0.4 is 9.47 Å². The molecular formula is C14H15NO3S. The van der Waals surface area contributed by atoms with Crippen LogP contribution in [0.5, 0.6) is 11.5 Å². The summed E-state index contributed by atoms with van der Waals surface area (Å²) in [6, 6.07) is 5.49. The van der Waals surface area contributed by atoms with Crippen LogP contribution in [0.4, 0.5) is 0 Å². The van der Waals surface area contributed by atoms with Crippen LogP contribution in [0.2, 0.25) is 0 Å². The van der Waals surface area contributed by atoms with E-state index in [-0.39, 0.29) is 6.10 Å². The lowest BCUT2D eigenvalue weighted by molar-refractivity contribution is 0.0637. The van der Waals surface area contributed by atoms with Gasteiger partial charge in [0.25, 0.3) is 0 Å². The van der Waals surface area contributed by atoms with Crippen LogP contribution in [0.3, 0.4) is 0 Å². The summed E-state index contributed by atoms with van der Waals surface area (Å²) >= 11 is 1.59. The van der Waals surface area contributed by atoms with E-state index in [1.807, 2.05) is 30.5 Å². The minimum atomic E-state index is -0.526. The normalized spacial score (nSPS) is 21.6. The maximum atomic E-state index is 10.2. The van der Waals surface area contributed by atoms with Crippen molar-refractivity contribution in [2.24, 2.45) is 0 Å². The van der Waals surface area contributed by atoms with Crippen LogP contribution in [0.25, 0.3) is 0 Å². The first kappa shape index (κ1) is 12.4. The third kappa shape index (κ3) is 2.31. The first-order valence-electron chi connectivity index (χ1n) is 6.12. The fraction of sp³-hybridized carbons (Fsp3) is 0.357. The SMILES string of the molecule is COc1ccc2c(c1)OC(c1csc(C)n1)CC2O. The summed E-state index contributed by atoms with van der Waals surface area (Å²) in [5.74, 6) is 1.40. The van der Waals surface area contributed by atoms with E-state index in [1.165, 1.54) is 0 Å². The standard InChI is InChI=1S/C14H15NO3S/c1-8-15-11(7-19-8)14-6-12(16)10-4-3-9(17-2)5-13(10)18-14/h3-5,7,12,14,16H,6H2,1-2H3. The zero-order valence-corrected chi connectivity index (χ0v) is 11.6. The molecule has 0 spiro atoms. The Balaban J connectivity index is 1.93. The van der Waals surface area contributed by atoms with Gasteiger partial charge >= 0.3 is 0 Å². The molecule has 0 bridgehead atoms. The molecule has 0 fully saturated rings. The molecule has 1 aromatic heterocycles. The molecule has 2 unspecified atom stereocenters. The van der Waals surface area contributed by atoms with E-state index in [0.29, 0.717) is 12.2 Å². The second kappa shape index (κ2) is 4.83. The Labute approximate surface area is 115 Å². The molecule has 0 saturated carbocycles. The summed E-state index contributed by atoms with van der Waals surface area (Å²) in [6.07, 6.45) is -0.191. The Morgan fingerprint density at radius 3 is 3.00 bits per heavy atom. The van der Waals surface area contributed by atoms with Crippen LogP contribution >= 0.6 is 11.3 Å². The summed E-state index contributed by atoms with van der Waals surface area (Å²) in [5, 5.41) is 13.2. The van der Waals surface area contributed by atoms with Gasteiger partial charge in [0.05, 0.1) is 23.9 Å². The molecule has 2 atom stereocenters. The molecule has 2 aromatic rings. The Kier molecular flexibility index (Phi) is 3.16. The van der Waals surface area contributed by atoms with E-state index in [0.717, 1.165) is 22.0 Å². The van der Waals surface area contributed by atoms with E-state index in [4.69, 9.17) is 9.47 Å². The highest BCUT2D eigenvalue weighted by atomic mass is 32.1. The molecule has 100 valence electrons. The number of thiazole rings is 1. The quantitative estimate of drug-likeness (QED) is 0.916. The first-order valence-corrected chi connectivity index (χ1v) is 7.00. The predicted molar refractivity (Wildman–Crippen MR) is 72.8 cm³/mol. The third-order valence-corrected chi connectivity index (χ3v) is 4.04. The number of nitrogens with zero attached hydrogens (tertiary/aromatic N) is 1. The van der Waals surface area contributed by atoms with Crippen molar-refractivity contribution < 1.29 is 14.6 Å². The molecule has 4 nitrogen and oxygen atoms in total. The monoisotopic (exact) mass is 277 g/mol. The topological polar surface area (TPSA) is 51.6 Å². The van der Waals surface area contributed by atoms with Crippen molar-refractivity contribution in [1.29, 1.82) is 0 Å². The minimum absolute atomic E-state index is 0.195. The fourth-order valence-electron chi connectivity index (χ4n) is 2.26. The molecule has 1 aromatic carbocycles. The number of fused-ring (bicyclic) bond motifs is 1. The predicted octanol–water partition coefficient (Wildman–Crippen LogP) is 3.02. The number of benzene rings is 1. The smallest absolute Gasteiger partial charge is 0.144 e. The first-order chi connectivity index (χ1) is 9.17. The van der Waals surface area contributed by atoms with Crippen molar-refractivity contribution in [3.05, 3.63) is 39.8 Å². The van der Waals surface area contributed by atoms with Crippen molar-refractivity contribution in [1.82, 2.24) is 4.98 Å². The molecule has 3 rings (SSSR count). The summed E-state index contributed by atoms with van der Waals surface area (Å²) < 4.78 is 11.1. The number of rotatable bonds is 2. The van der Waals surface area contributed by atoms with Gasteiger partial charge in [-0.1, -0.05) is 0 Å². The molecule has 5 heteroatoms. The molecule has 0 radical (unpaired) electrons. The maximum Gasteiger partial charge on any atom is 0.144 e. The molecule has 1 N–H and O–H groups in total. The van der Waals surface area contributed by atoms with Gasteiger partial charge < -0.3 is 14.6 Å². The van der Waals surface area contributed by atoms with Crippen LogP contribution in [0, 0.1) is 6.92 Å². The van der Waals surface area contributed by atoms with Gasteiger partial charge in [-0.05, 0) is 19.1 Å². The number of aliphatic hydroxyl groups excluding tert-OH is 1. The zero-order chi connectivity index (χ0) is 13.4. The number of aromatic nitrogens is 1. The lowest BCUT2D eigenvalue weighted by atomic mass is 9.98. The van der Waals surface area contributed by atoms with Gasteiger partial charge in [-0.15, -0.1) is 11.3 Å². The molecule has 1 aliphatic rings. The Hall–Kier alpha value is -1.59. The van der Waals surface area contributed by atoms with E-state index in [1.54, 1.807) is 18.4 Å². The van der Waals surface area contributed by atoms with Crippen molar-refractivity contribution in [2.75, 3.05) is 7.11 Å². The van der Waals surface area contributed by atoms with Gasteiger partial charge in [0.15, 0.2) is 0 Å². The van der Waals surface area contributed by atoms with Gasteiger partial charge in [0, 0.05) is 23.4 Å². The van der Waals surface area contributed by atoms with Crippen molar-refractivity contribution in [3.8, 4) is 11.5 Å². The number of aliphatic hydroxyl groups is 1. The summed E-state index contributed by atoms with van der Waals surface area (Å²) in [5.41, 5.74) is 1.69. The largest absolute Gasteiger partial charge is 0.497 e. The van der Waals surface area contributed by atoms with Gasteiger partial charge in [0.2, 0.25) is 0 Å². The van der Waals surface area contributed by atoms with Crippen LogP contribution in [0.15, 0.2) is 23.6 Å². The number of hydrogen-bond acceptors (Lipinski definition) is 5. The average Bonchev–Trinajstić information content (AvgIpc) is 2.84. The number of hydrogen-bond donors (Lipinski definition) is 1. The lowest BCUT2D eigenvalue weighted by Crippen LogP contribution is -2.19. The maximum absolute atomic E-state index is 10.2. The highest BCUT2D eigenvalue weighted by molar-refractivity contribution is 7.09. The number of ether oxygens (including phenoxy) is 2. The molecule has 1 aliphatic heterocycles. The van der Waals surface area contributed by atoms with Crippen molar-refractivity contribution >= 4 is 11.3 Å². The van der Waals surface area contributed by atoms with Gasteiger partial charge in [0.1, 0.15) is 17.6 Å². The van der Waals surface area contributed by atoms with Crippen LogP contribution in [0.1, 0.15) is 34.9 Å². The third-order valence-electron chi connectivity index (χ3n) is 3.25. The molecule has 0 amide bonds. The van der Waals surface area contributed by atoms with Gasteiger partial charge in [-0.3, -0.25) is 0 Å². The minimum Gasteiger partial charge on any atom is -0.497 e. The van der Waals surface area contributed by atoms with E-state index in [2.05, 4.69) is 4.98 Å². The highest BCUT2D eigenvalue weighted by Crippen LogP contribution is 2.42. The second-order valence-corrected chi connectivity index (χ2v) is 5.62. The average molecular weight is 277 g/mol.